The zero-order valence-electron chi connectivity index (χ0n) is 6.01. The molecule has 0 aliphatic rings. The highest BCUT2D eigenvalue weighted by Gasteiger charge is 1.98. The molecule has 0 spiro atoms. The zero-order chi connectivity index (χ0) is 7.56. The normalized spacial score (nSPS) is 9.80. The van der Waals surface area contributed by atoms with E-state index in [-0.39, 0.29) is 0 Å². The van der Waals surface area contributed by atoms with E-state index in [1.54, 1.807) is 0 Å². The van der Waals surface area contributed by atoms with Gasteiger partial charge in [-0.1, -0.05) is 0 Å². The van der Waals surface area contributed by atoms with Crippen molar-refractivity contribution in [2.24, 2.45) is 0 Å². The molecule has 0 aliphatic heterocycles. The highest BCUT2D eigenvalue weighted by atomic mass is 32.1. The van der Waals surface area contributed by atoms with Crippen molar-refractivity contribution < 1.29 is 0 Å². The standard InChI is InChI=1S/C5H10N4S/c1-3-9-4(6-2)7-8-5(9)10/h3H2,1-2H3,(H,6,7)(H,8,10). The summed E-state index contributed by atoms with van der Waals surface area (Å²) in [6.07, 6.45) is 0. The van der Waals surface area contributed by atoms with E-state index in [0.29, 0.717) is 4.77 Å². The quantitative estimate of drug-likeness (QED) is 0.631. The van der Waals surface area contributed by atoms with Gasteiger partial charge in [-0.05, 0) is 19.1 Å². The maximum Gasteiger partial charge on any atom is 0.222 e. The Labute approximate surface area is 64.3 Å². The predicted molar refractivity (Wildman–Crippen MR) is 42.6 cm³/mol. The van der Waals surface area contributed by atoms with Crippen LogP contribution >= 0.6 is 12.2 Å². The lowest BCUT2D eigenvalue weighted by Crippen LogP contribution is -2.01. The fraction of sp³-hybridized carbons (Fsp3) is 0.600. The summed E-state index contributed by atoms with van der Waals surface area (Å²) >= 11 is 4.94. The number of nitrogens with zero attached hydrogens (tertiary/aromatic N) is 2. The fourth-order valence-electron chi connectivity index (χ4n) is 0.802. The summed E-state index contributed by atoms with van der Waals surface area (Å²) in [5, 5.41) is 9.55. The SMILES string of the molecule is CCn1c(NC)n[nH]c1=S. The third-order valence-corrected chi connectivity index (χ3v) is 1.61. The third kappa shape index (κ3) is 1.04. The van der Waals surface area contributed by atoms with E-state index in [2.05, 4.69) is 15.5 Å². The Morgan fingerprint density at radius 2 is 2.50 bits per heavy atom. The maximum absolute atomic E-state index is 4.94. The third-order valence-electron chi connectivity index (χ3n) is 1.30. The van der Waals surface area contributed by atoms with E-state index in [9.17, 15) is 0 Å². The van der Waals surface area contributed by atoms with E-state index in [4.69, 9.17) is 12.2 Å². The van der Waals surface area contributed by atoms with Crippen LogP contribution in [0.5, 0.6) is 0 Å². The van der Waals surface area contributed by atoms with Crippen molar-refractivity contribution in [3.8, 4) is 0 Å². The fourth-order valence-corrected chi connectivity index (χ4v) is 1.06. The Hall–Kier alpha value is -0.840. The molecule has 0 saturated carbocycles. The Kier molecular flexibility index (Phi) is 2.06. The molecule has 10 heavy (non-hydrogen) atoms. The van der Waals surface area contributed by atoms with Gasteiger partial charge in [0.15, 0.2) is 4.77 Å². The molecule has 2 N–H and O–H groups in total. The van der Waals surface area contributed by atoms with Crippen LogP contribution in [0, 0.1) is 4.77 Å². The number of H-pyrrole nitrogens is 1. The second-order valence-corrected chi connectivity index (χ2v) is 2.23. The molecule has 0 amide bonds. The molecule has 56 valence electrons. The monoisotopic (exact) mass is 158 g/mol. The minimum atomic E-state index is 0.659. The molecule has 5 heteroatoms. The molecule has 1 heterocycles. The Bertz CT molecular complexity index is 261. The molecule has 4 nitrogen and oxygen atoms in total. The maximum atomic E-state index is 4.94. The first-order valence-electron chi connectivity index (χ1n) is 3.12. The predicted octanol–water partition coefficient (Wildman–Crippen LogP) is 1.00. The first-order valence-corrected chi connectivity index (χ1v) is 3.53. The number of rotatable bonds is 2. The number of aromatic amines is 1. The summed E-state index contributed by atoms with van der Waals surface area (Å²) in [7, 11) is 1.82. The van der Waals surface area contributed by atoms with Crippen LogP contribution < -0.4 is 5.32 Å². The first-order chi connectivity index (χ1) is 4.79. The molecular weight excluding hydrogens is 148 g/mol. The molecule has 0 saturated heterocycles. The van der Waals surface area contributed by atoms with Crippen molar-refractivity contribution in [1.82, 2.24) is 14.8 Å². The molecule has 0 unspecified atom stereocenters. The van der Waals surface area contributed by atoms with Gasteiger partial charge in [-0.25, -0.2) is 5.10 Å². The summed E-state index contributed by atoms with van der Waals surface area (Å²) in [5.74, 6) is 0.785. The van der Waals surface area contributed by atoms with Crippen LogP contribution in [0.2, 0.25) is 0 Å². The van der Waals surface area contributed by atoms with Crippen molar-refractivity contribution in [3.05, 3.63) is 4.77 Å². The van der Waals surface area contributed by atoms with Crippen molar-refractivity contribution in [3.63, 3.8) is 0 Å². The van der Waals surface area contributed by atoms with Gasteiger partial charge in [0.05, 0.1) is 0 Å². The lowest BCUT2D eigenvalue weighted by molar-refractivity contribution is 0.755. The van der Waals surface area contributed by atoms with Gasteiger partial charge in [0, 0.05) is 13.6 Å². The summed E-state index contributed by atoms with van der Waals surface area (Å²) < 4.78 is 2.54. The lowest BCUT2D eigenvalue weighted by atomic mass is 10.7. The summed E-state index contributed by atoms with van der Waals surface area (Å²) in [4.78, 5) is 0. The minimum Gasteiger partial charge on any atom is -0.357 e. The van der Waals surface area contributed by atoms with Crippen LogP contribution in [-0.4, -0.2) is 21.8 Å². The number of hydrogen-bond donors (Lipinski definition) is 2. The van der Waals surface area contributed by atoms with Gasteiger partial charge in [0.25, 0.3) is 0 Å². The average molecular weight is 158 g/mol. The van der Waals surface area contributed by atoms with Gasteiger partial charge in [-0.3, -0.25) is 4.57 Å². The Morgan fingerprint density at radius 3 is 2.90 bits per heavy atom. The number of nitrogens with one attached hydrogen (secondary N) is 2. The van der Waals surface area contributed by atoms with E-state index >= 15 is 0 Å². The van der Waals surface area contributed by atoms with Gasteiger partial charge in [-0.2, -0.15) is 0 Å². The van der Waals surface area contributed by atoms with E-state index < -0.39 is 0 Å². The number of hydrogen-bond acceptors (Lipinski definition) is 3. The minimum absolute atomic E-state index is 0.659. The van der Waals surface area contributed by atoms with Crippen LogP contribution in [0.3, 0.4) is 0 Å². The smallest absolute Gasteiger partial charge is 0.222 e. The molecule has 0 atom stereocenters. The second kappa shape index (κ2) is 2.83. The van der Waals surface area contributed by atoms with Crippen LogP contribution in [-0.2, 0) is 6.54 Å². The Morgan fingerprint density at radius 1 is 1.80 bits per heavy atom. The topological polar surface area (TPSA) is 45.6 Å². The lowest BCUT2D eigenvalue weighted by Gasteiger charge is -1.99. The summed E-state index contributed by atoms with van der Waals surface area (Å²) in [6.45, 7) is 2.86. The molecule has 1 aromatic rings. The van der Waals surface area contributed by atoms with Crippen molar-refractivity contribution in [2.45, 2.75) is 13.5 Å². The van der Waals surface area contributed by atoms with Gasteiger partial charge in [0.2, 0.25) is 5.95 Å². The van der Waals surface area contributed by atoms with Crippen molar-refractivity contribution in [2.75, 3.05) is 12.4 Å². The van der Waals surface area contributed by atoms with Crippen LogP contribution in [0.15, 0.2) is 0 Å². The van der Waals surface area contributed by atoms with E-state index in [0.717, 1.165) is 12.5 Å². The van der Waals surface area contributed by atoms with E-state index in [1.165, 1.54) is 0 Å². The van der Waals surface area contributed by atoms with Crippen LogP contribution in [0.25, 0.3) is 0 Å². The molecule has 1 aromatic heterocycles. The molecule has 0 bridgehead atoms. The second-order valence-electron chi connectivity index (χ2n) is 1.85. The van der Waals surface area contributed by atoms with Gasteiger partial charge >= 0.3 is 0 Å². The van der Waals surface area contributed by atoms with E-state index in [1.807, 2.05) is 18.5 Å². The summed E-state index contributed by atoms with van der Waals surface area (Å²) in [6, 6.07) is 0. The molecule has 0 aromatic carbocycles. The van der Waals surface area contributed by atoms with Crippen molar-refractivity contribution >= 4 is 18.2 Å². The Balaban J connectivity index is 3.13. The highest BCUT2D eigenvalue weighted by molar-refractivity contribution is 7.71. The van der Waals surface area contributed by atoms with Gasteiger partial charge in [-0.15, -0.1) is 5.10 Å². The van der Waals surface area contributed by atoms with Crippen molar-refractivity contribution in [1.29, 1.82) is 0 Å². The van der Waals surface area contributed by atoms with Crippen LogP contribution in [0.4, 0.5) is 5.95 Å². The zero-order valence-corrected chi connectivity index (χ0v) is 6.83. The average Bonchev–Trinajstić information content (AvgIpc) is 2.30. The molecule has 0 aliphatic carbocycles. The number of anilines is 1. The molecular formula is C5H10N4S. The number of aromatic nitrogens is 3. The summed E-state index contributed by atoms with van der Waals surface area (Å²) in [5.41, 5.74) is 0. The largest absolute Gasteiger partial charge is 0.357 e. The molecule has 1 rings (SSSR count). The van der Waals surface area contributed by atoms with Crippen LogP contribution in [0.1, 0.15) is 6.92 Å². The van der Waals surface area contributed by atoms with Gasteiger partial charge in [0.1, 0.15) is 0 Å². The highest BCUT2D eigenvalue weighted by Crippen LogP contribution is 2.00. The molecule has 0 radical (unpaired) electrons. The van der Waals surface area contributed by atoms with Gasteiger partial charge < -0.3 is 5.32 Å². The first kappa shape index (κ1) is 7.27. The molecule has 0 fully saturated rings.